The Labute approximate surface area is 371 Å². The third-order valence-corrected chi connectivity index (χ3v) is 14.7. The summed E-state index contributed by atoms with van der Waals surface area (Å²) in [6.07, 6.45) is 0. The summed E-state index contributed by atoms with van der Waals surface area (Å²) in [5.74, 6) is 0. The second-order valence-corrected chi connectivity index (χ2v) is 17.8. The molecule has 0 aliphatic heterocycles. The fraction of sp³-hybridized carbons (Fsp3) is 0.0164. The van der Waals surface area contributed by atoms with Gasteiger partial charge in [-0.05, 0) is 109 Å². The first-order valence-electron chi connectivity index (χ1n) is 21.8. The Morgan fingerprint density at radius 3 is 1.56 bits per heavy atom. The zero-order valence-electron chi connectivity index (χ0n) is 34.4. The Bertz CT molecular complexity index is 3510. The van der Waals surface area contributed by atoms with Crippen LogP contribution in [0.15, 0.2) is 237 Å². The molecule has 63 heavy (non-hydrogen) atoms. The van der Waals surface area contributed by atoms with Crippen LogP contribution in [0.1, 0.15) is 22.3 Å². The largest absolute Gasteiger partial charge is 0.310 e. The van der Waals surface area contributed by atoms with E-state index >= 15 is 0 Å². The summed E-state index contributed by atoms with van der Waals surface area (Å²) >= 11 is 1.88. The summed E-state index contributed by atoms with van der Waals surface area (Å²) in [7, 11) is 0. The highest BCUT2D eigenvalue weighted by Crippen LogP contribution is 2.63. The summed E-state index contributed by atoms with van der Waals surface area (Å²) in [5, 5.41) is 2.62. The maximum atomic E-state index is 2.50. The third kappa shape index (κ3) is 5.29. The second-order valence-electron chi connectivity index (χ2n) is 16.7. The van der Waals surface area contributed by atoms with E-state index in [1.54, 1.807) is 0 Å². The molecule has 1 spiro atoms. The van der Waals surface area contributed by atoms with Crippen molar-refractivity contribution < 1.29 is 0 Å². The van der Waals surface area contributed by atoms with Gasteiger partial charge in [0.05, 0.1) is 11.1 Å². The van der Waals surface area contributed by atoms with Gasteiger partial charge in [-0.3, -0.25) is 0 Å². The number of thiophene rings is 1. The first-order valence-corrected chi connectivity index (χ1v) is 22.6. The quantitative estimate of drug-likeness (QED) is 0.167. The van der Waals surface area contributed by atoms with Crippen molar-refractivity contribution in [2.24, 2.45) is 0 Å². The maximum Gasteiger partial charge on any atom is 0.0726 e. The van der Waals surface area contributed by atoms with Crippen LogP contribution in [0.25, 0.3) is 75.8 Å². The molecule has 0 atom stereocenters. The number of anilines is 3. The van der Waals surface area contributed by atoms with Crippen molar-refractivity contribution in [3.8, 4) is 55.6 Å². The summed E-state index contributed by atoms with van der Waals surface area (Å²) in [4.78, 5) is 2.50. The van der Waals surface area contributed by atoms with E-state index < -0.39 is 5.41 Å². The van der Waals surface area contributed by atoms with E-state index in [-0.39, 0.29) is 0 Å². The highest BCUT2D eigenvalue weighted by molar-refractivity contribution is 7.26. The summed E-state index contributed by atoms with van der Waals surface area (Å²) in [6, 6.07) is 88.0. The van der Waals surface area contributed by atoms with Crippen molar-refractivity contribution in [2.45, 2.75) is 5.41 Å². The van der Waals surface area contributed by atoms with Gasteiger partial charge in [-0.2, -0.15) is 0 Å². The molecule has 0 amide bonds. The molecule has 0 saturated carbocycles. The highest BCUT2D eigenvalue weighted by Gasteiger charge is 2.50. The molecular weight excluding hydrogens is 779 g/mol. The van der Waals surface area contributed by atoms with Gasteiger partial charge in [-0.15, -0.1) is 11.3 Å². The van der Waals surface area contributed by atoms with E-state index in [1.807, 2.05) is 11.3 Å². The Balaban J connectivity index is 1.09. The van der Waals surface area contributed by atoms with Gasteiger partial charge in [0.2, 0.25) is 0 Å². The first-order chi connectivity index (χ1) is 31.3. The van der Waals surface area contributed by atoms with Gasteiger partial charge in [0.1, 0.15) is 0 Å². The Hall–Kier alpha value is -7.78. The zero-order valence-corrected chi connectivity index (χ0v) is 35.2. The number of hydrogen-bond donors (Lipinski definition) is 0. The number of nitrogens with zero attached hydrogens (tertiary/aromatic N) is 1. The maximum absolute atomic E-state index is 2.50. The van der Waals surface area contributed by atoms with Crippen LogP contribution >= 0.6 is 11.3 Å². The molecule has 294 valence electrons. The minimum atomic E-state index is -0.574. The molecule has 0 bridgehead atoms. The molecule has 11 aromatic rings. The van der Waals surface area contributed by atoms with Crippen LogP contribution in [0.4, 0.5) is 17.1 Å². The Morgan fingerprint density at radius 2 is 0.825 bits per heavy atom. The molecule has 2 aliphatic carbocycles. The standard InChI is InChI=1S/C61H39NS/c1-2-17-40(18-3-1)41-35-37-43(38-36-41)62(44-20-14-19-42(39-44)45-27-15-28-51-50-25-9-13-34-58(50)63-60(45)51)57-33-16-32-56-59(57)52-26-8-12-31-55(52)61(56)53-29-10-6-23-48(53)46-21-4-5-22-47(46)49-24-7-11-30-54(49)61/h1-39H. The molecule has 0 fully saturated rings. The lowest BCUT2D eigenvalue weighted by Crippen LogP contribution is -2.29. The van der Waals surface area contributed by atoms with Gasteiger partial charge in [0, 0.05) is 37.1 Å². The first kappa shape index (κ1) is 35.9. The molecule has 13 rings (SSSR count). The molecule has 2 heteroatoms. The molecule has 2 aliphatic rings. The second kappa shape index (κ2) is 14.1. The monoisotopic (exact) mass is 817 g/mol. The Kier molecular flexibility index (Phi) is 8.06. The summed E-state index contributed by atoms with van der Waals surface area (Å²) < 4.78 is 2.63. The number of benzene rings is 10. The van der Waals surface area contributed by atoms with Crippen LogP contribution in [0.2, 0.25) is 0 Å². The number of hydrogen-bond acceptors (Lipinski definition) is 2. The van der Waals surface area contributed by atoms with E-state index in [9.17, 15) is 0 Å². The predicted octanol–water partition coefficient (Wildman–Crippen LogP) is 16.9. The topological polar surface area (TPSA) is 3.24 Å². The SMILES string of the molecule is c1ccc(-c2ccc(N(c3cccc(-c4cccc5c4sc4ccccc45)c3)c3cccc4c3-c3ccccc3C43c4ccccc4-c4ccccc4-c4ccccc43)cc2)cc1. The zero-order chi connectivity index (χ0) is 41.5. The Morgan fingerprint density at radius 1 is 0.317 bits per heavy atom. The lowest BCUT2D eigenvalue weighted by molar-refractivity contribution is 0.775. The van der Waals surface area contributed by atoms with Crippen LogP contribution in [-0.2, 0) is 5.41 Å². The van der Waals surface area contributed by atoms with Gasteiger partial charge in [-0.1, -0.05) is 200 Å². The molecule has 0 saturated heterocycles. The number of fused-ring (bicyclic) bond motifs is 15. The van der Waals surface area contributed by atoms with E-state index in [4.69, 9.17) is 0 Å². The van der Waals surface area contributed by atoms with Crippen LogP contribution in [0.5, 0.6) is 0 Å². The van der Waals surface area contributed by atoms with Crippen molar-refractivity contribution in [3.63, 3.8) is 0 Å². The summed E-state index contributed by atoms with van der Waals surface area (Å²) in [6.45, 7) is 0. The van der Waals surface area contributed by atoms with Gasteiger partial charge in [0.25, 0.3) is 0 Å². The molecule has 0 radical (unpaired) electrons. The normalized spacial score (nSPS) is 12.9. The van der Waals surface area contributed by atoms with E-state index in [0.29, 0.717) is 0 Å². The van der Waals surface area contributed by atoms with Crippen molar-refractivity contribution in [3.05, 3.63) is 259 Å². The van der Waals surface area contributed by atoms with E-state index in [0.717, 1.165) is 17.1 Å². The fourth-order valence-corrected chi connectivity index (χ4v) is 12.1. The van der Waals surface area contributed by atoms with Crippen molar-refractivity contribution in [1.29, 1.82) is 0 Å². The molecule has 1 nitrogen and oxygen atoms in total. The minimum Gasteiger partial charge on any atom is -0.310 e. The average Bonchev–Trinajstić information content (AvgIpc) is 3.86. The van der Waals surface area contributed by atoms with Crippen molar-refractivity contribution in [1.82, 2.24) is 0 Å². The van der Waals surface area contributed by atoms with Crippen molar-refractivity contribution >= 4 is 48.6 Å². The lowest BCUT2D eigenvalue weighted by Gasteiger charge is -2.35. The van der Waals surface area contributed by atoms with Crippen LogP contribution < -0.4 is 4.90 Å². The molecular formula is C61H39NS. The predicted molar refractivity (Wildman–Crippen MR) is 267 cm³/mol. The molecule has 0 unspecified atom stereocenters. The van der Waals surface area contributed by atoms with Gasteiger partial charge >= 0.3 is 0 Å². The number of rotatable bonds is 5. The molecule has 10 aromatic carbocycles. The minimum absolute atomic E-state index is 0.574. The summed E-state index contributed by atoms with van der Waals surface area (Å²) in [5.41, 5.74) is 20.5. The van der Waals surface area contributed by atoms with E-state index in [1.165, 1.54) is 98.1 Å². The average molecular weight is 818 g/mol. The fourth-order valence-electron chi connectivity index (χ4n) is 10.9. The van der Waals surface area contributed by atoms with Gasteiger partial charge in [0.15, 0.2) is 0 Å². The molecule has 1 heterocycles. The smallest absolute Gasteiger partial charge is 0.0726 e. The van der Waals surface area contributed by atoms with Crippen LogP contribution in [0.3, 0.4) is 0 Å². The molecule has 0 N–H and O–H groups in total. The van der Waals surface area contributed by atoms with Crippen LogP contribution in [0, 0.1) is 0 Å². The van der Waals surface area contributed by atoms with Gasteiger partial charge < -0.3 is 4.90 Å². The highest BCUT2D eigenvalue weighted by atomic mass is 32.1. The van der Waals surface area contributed by atoms with E-state index in [2.05, 4.69) is 241 Å². The van der Waals surface area contributed by atoms with Crippen LogP contribution in [-0.4, -0.2) is 0 Å². The molecule has 1 aromatic heterocycles. The lowest BCUT2D eigenvalue weighted by atomic mass is 9.66. The van der Waals surface area contributed by atoms with Crippen molar-refractivity contribution in [2.75, 3.05) is 4.90 Å². The third-order valence-electron chi connectivity index (χ3n) is 13.5. The van der Waals surface area contributed by atoms with Gasteiger partial charge in [-0.25, -0.2) is 0 Å².